The zero-order chi connectivity index (χ0) is 17.4. The highest BCUT2D eigenvalue weighted by atomic mass is 32.2. The van der Waals surface area contributed by atoms with Crippen LogP contribution in [-0.4, -0.2) is 53.6 Å². The van der Waals surface area contributed by atoms with Gasteiger partial charge in [-0.3, -0.25) is 14.4 Å². The Hall–Kier alpha value is -2.02. The first kappa shape index (κ1) is 19.0. The van der Waals surface area contributed by atoms with Crippen LogP contribution in [0.4, 0.5) is 0 Å². The first-order valence-corrected chi connectivity index (χ1v) is 8.19. The molecule has 126 valence electrons. The van der Waals surface area contributed by atoms with Crippen LogP contribution in [0.3, 0.4) is 0 Å². The Morgan fingerprint density at radius 2 is 2.00 bits per heavy atom. The van der Waals surface area contributed by atoms with Gasteiger partial charge in [0.2, 0.25) is 5.91 Å². The molecule has 0 heterocycles. The van der Waals surface area contributed by atoms with E-state index in [0.29, 0.717) is 24.3 Å². The topological polar surface area (TPSA) is 83.9 Å². The molecule has 0 aliphatic carbocycles. The van der Waals surface area contributed by atoms with Crippen LogP contribution in [0, 0.1) is 0 Å². The summed E-state index contributed by atoms with van der Waals surface area (Å²) in [6, 6.07) is 5.05. The number of carbonyl (C=O) groups excluding carboxylic acids is 2. The van der Waals surface area contributed by atoms with Crippen LogP contribution >= 0.6 is 11.8 Å². The highest BCUT2D eigenvalue weighted by Gasteiger charge is 2.17. The number of amides is 1. The van der Waals surface area contributed by atoms with Crippen LogP contribution in [0.15, 0.2) is 23.1 Å². The second kappa shape index (κ2) is 9.19. The maximum Gasteiger partial charge on any atom is 0.323 e. The van der Waals surface area contributed by atoms with Gasteiger partial charge in [0.05, 0.1) is 12.9 Å². The molecule has 1 amide bonds. The number of carboxylic acid groups (broad SMARTS) is 1. The lowest BCUT2D eigenvalue weighted by Gasteiger charge is -2.20. The third-order valence-corrected chi connectivity index (χ3v) is 4.13. The lowest BCUT2D eigenvalue weighted by molar-refractivity contribution is -0.143. The number of benzene rings is 1. The molecule has 7 heteroatoms. The highest BCUT2D eigenvalue weighted by molar-refractivity contribution is 8.00. The number of rotatable bonds is 9. The minimum atomic E-state index is -1.03. The zero-order valence-corrected chi connectivity index (χ0v) is 14.3. The van der Waals surface area contributed by atoms with Gasteiger partial charge in [0.25, 0.3) is 0 Å². The maximum atomic E-state index is 12.2. The SMILES string of the molecule is CCCN(CC(=O)O)C(=O)CSc1ccc(C(C)=O)cc1OC. The van der Waals surface area contributed by atoms with Gasteiger partial charge >= 0.3 is 5.97 Å². The number of nitrogens with zero attached hydrogens (tertiary/aromatic N) is 1. The van der Waals surface area contributed by atoms with Crippen molar-refractivity contribution in [3.8, 4) is 5.75 Å². The number of carboxylic acids is 1. The molecule has 0 fully saturated rings. The number of ether oxygens (including phenoxy) is 1. The van der Waals surface area contributed by atoms with Crippen molar-refractivity contribution in [2.24, 2.45) is 0 Å². The summed E-state index contributed by atoms with van der Waals surface area (Å²) >= 11 is 1.26. The van der Waals surface area contributed by atoms with Crippen LogP contribution in [0.1, 0.15) is 30.6 Å². The number of Topliss-reactive ketones (excluding diaryl/α,β-unsaturated/α-hetero) is 1. The summed E-state index contributed by atoms with van der Waals surface area (Å²) in [5, 5.41) is 8.86. The Balaban J connectivity index is 2.77. The molecule has 23 heavy (non-hydrogen) atoms. The first-order valence-electron chi connectivity index (χ1n) is 7.20. The summed E-state index contributed by atoms with van der Waals surface area (Å²) in [7, 11) is 1.50. The fraction of sp³-hybridized carbons (Fsp3) is 0.438. The minimum absolute atomic E-state index is 0.0634. The van der Waals surface area contributed by atoms with Crippen LogP contribution in [-0.2, 0) is 9.59 Å². The normalized spacial score (nSPS) is 10.2. The standard InChI is InChI=1S/C16H21NO5S/c1-4-7-17(9-16(20)21)15(19)10-23-14-6-5-12(11(2)18)8-13(14)22-3/h5-6,8H,4,7,9-10H2,1-3H3,(H,20,21). The van der Waals surface area contributed by atoms with Gasteiger partial charge in [-0.25, -0.2) is 0 Å². The number of methoxy groups -OCH3 is 1. The van der Waals surface area contributed by atoms with Crippen molar-refractivity contribution < 1.29 is 24.2 Å². The van der Waals surface area contributed by atoms with Gasteiger partial charge in [-0.05, 0) is 25.5 Å². The Bertz CT molecular complexity index is 588. The predicted octanol–water partition coefficient (Wildman–Crippen LogP) is 2.31. The third kappa shape index (κ3) is 5.94. The van der Waals surface area contributed by atoms with E-state index in [0.717, 1.165) is 4.90 Å². The number of hydrogen-bond acceptors (Lipinski definition) is 5. The average Bonchev–Trinajstić information content (AvgIpc) is 2.51. The van der Waals surface area contributed by atoms with Crippen molar-refractivity contribution in [2.45, 2.75) is 25.2 Å². The van der Waals surface area contributed by atoms with E-state index in [1.54, 1.807) is 18.2 Å². The monoisotopic (exact) mass is 339 g/mol. The minimum Gasteiger partial charge on any atom is -0.496 e. The van der Waals surface area contributed by atoms with E-state index in [9.17, 15) is 14.4 Å². The number of hydrogen-bond donors (Lipinski definition) is 1. The second-order valence-corrected chi connectivity index (χ2v) is 5.94. The molecular formula is C16H21NO5S. The van der Waals surface area contributed by atoms with Crippen molar-refractivity contribution in [3.05, 3.63) is 23.8 Å². The molecule has 1 aromatic rings. The Kier molecular flexibility index (Phi) is 7.61. The van der Waals surface area contributed by atoms with Crippen molar-refractivity contribution >= 4 is 29.4 Å². The molecule has 0 radical (unpaired) electrons. The van der Waals surface area contributed by atoms with Gasteiger partial charge in [-0.1, -0.05) is 13.0 Å². The molecule has 0 spiro atoms. The summed E-state index contributed by atoms with van der Waals surface area (Å²) in [4.78, 5) is 36.4. The van der Waals surface area contributed by atoms with Gasteiger partial charge in [-0.2, -0.15) is 0 Å². The van der Waals surface area contributed by atoms with E-state index in [1.807, 2.05) is 6.92 Å². The molecule has 0 atom stereocenters. The average molecular weight is 339 g/mol. The molecule has 6 nitrogen and oxygen atoms in total. The largest absolute Gasteiger partial charge is 0.496 e. The quantitative estimate of drug-likeness (QED) is 0.549. The van der Waals surface area contributed by atoms with Crippen LogP contribution in [0.5, 0.6) is 5.75 Å². The van der Waals surface area contributed by atoms with E-state index >= 15 is 0 Å². The van der Waals surface area contributed by atoms with Gasteiger partial charge in [-0.15, -0.1) is 11.8 Å². The molecule has 0 saturated heterocycles. The number of aliphatic carboxylic acids is 1. The number of carbonyl (C=O) groups is 3. The summed E-state index contributed by atoms with van der Waals surface area (Å²) in [5.41, 5.74) is 0.538. The zero-order valence-electron chi connectivity index (χ0n) is 13.5. The summed E-state index contributed by atoms with van der Waals surface area (Å²) in [6.07, 6.45) is 0.695. The predicted molar refractivity (Wildman–Crippen MR) is 88.2 cm³/mol. The van der Waals surface area contributed by atoms with Crippen molar-refractivity contribution in [1.29, 1.82) is 0 Å². The molecule has 0 aliphatic heterocycles. The maximum absolute atomic E-state index is 12.2. The summed E-state index contributed by atoms with van der Waals surface area (Å²) in [6.45, 7) is 3.47. The molecule has 0 aromatic heterocycles. The van der Waals surface area contributed by atoms with E-state index in [1.165, 1.54) is 30.7 Å². The van der Waals surface area contributed by atoms with E-state index in [-0.39, 0.29) is 24.0 Å². The third-order valence-electron chi connectivity index (χ3n) is 3.09. The molecule has 1 rings (SSSR count). The Morgan fingerprint density at radius 1 is 1.30 bits per heavy atom. The lowest BCUT2D eigenvalue weighted by atomic mass is 10.1. The van der Waals surface area contributed by atoms with E-state index in [2.05, 4.69) is 0 Å². The van der Waals surface area contributed by atoms with E-state index in [4.69, 9.17) is 9.84 Å². The molecule has 0 unspecified atom stereocenters. The van der Waals surface area contributed by atoms with Crippen molar-refractivity contribution in [2.75, 3.05) is 26.0 Å². The Morgan fingerprint density at radius 3 is 2.52 bits per heavy atom. The first-order chi connectivity index (χ1) is 10.9. The van der Waals surface area contributed by atoms with Crippen LogP contribution < -0.4 is 4.74 Å². The highest BCUT2D eigenvalue weighted by Crippen LogP contribution is 2.30. The summed E-state index contributed by atoms with van der Waals surface area (Å²) in [5.74, 6) is -0.692. The van der Waals surface area contributed by atoms with Crippen LogP contribution in [0.25, 0.3) is 0 Å². The molecular weight excluding hydrogens is 318 g/mol. The van der Waals surface area contributed by atoms with Gasteiger partial charge in [0, 0.05) is 17.0 Å². The second-order valence-electron chi connectivity index (χ2n) is 4.92. The van der Waals surface area contributed by atoms with Crippen LogP contribution in [0.2, 0.25) is 0 Å². The molecule has 0 bridgehead atoms. The summed E-state index contributed by atoms with van der Waals surface area (Å²) < 4.78 is 5.25. The fourth-order valence-electron chi connectivity index (χ4n) is 1.96. The van der Waals surface area contributed by atoms with Gasteiger partial charge < -0.3 is 14.7 Å². The van der Waals surface area contributed by atoms with Gasteiger partial charge in [0.1, 0.15) is 12.3 Å². The fourth-order valence-corrected chi connectivity index (χ4v) is 2.87. The number of thioether (sulfide) groups is 1. The van der Waals surface area contributed by atoms with Crippen molar-refractivity contribution in [1.82, 2.24) is 4.90 Å². The van der Waals surface area contributed by atoms with Gasteiger partial charge in [0.15, 0.2) is 5.78 Å². The molecule has 1 aromatic carbocycles. The number of ketones is 1. The molecule has 0 aliphatic rings. The van der Waals surface area contributed by atoms with E-state index < -0.39 is 5.97 Å². The lowest BCUT2D eigenvalue weighted by Crippen LogP contribution is -2.37. The van der Waals surface area contributed by atoms with Crippen molar-refractivity contribution in [3.63, 3.8) is 0 Å². The molecule has 0 saturated carbocycles. The Labute approximate surface area is 139 Å². The molecule has 1 N–H and O–H groups in total. The smallest absolute Gasteiger partial charge is 0.323 e.